The van der Waals surface area contributed by atoms with E-state index < -0.39 is 0 Å². The van der Waals surface area contributed by atoms with Crippen LogP contribution in [-0.2, 0) is 4.74 Å². The Hall–Kier alpha value is -1.41. The number of hydrogen-bond acceptors (Lipinski definition) is 2. The van der Waals surface area contributed by atoms with E-state index in [0.29, 0.717) is 0 Å². The Morgan fingerprint density at radius 2 is 1.89 bits per heavy atom. The number of hydrogen-bond donors (Lipinski definition) is 0. The molecule has 0 aromatic heterocycles. The molecule has 1 nitrogen and oxygen atoms in total. The largest absolute Gasteiger partial charge is 0.455 e. The summed E-state index contributed by atoms with van der Waals surface area (Å²) in [5.41, 5.74) is 0.0740. The van der Waals surface area contributed by atoms with E-state index in [1.807, 2.05) is 32.1 Å². The highest BCUT2D eigenvalue weighted by Crippen LogP contribution is 2.43. The van der Waals surface area contributed by atoms with Gasteiger partial charge in [0, 0.05) is 5.41 Å². The van der Waals surface area contributed by atoms with Gasteiger partial charge in [0.15, 0.2) is 0 Å². The van der Waals surface area contributed by atoms with Gasteiger partial charge in [0.1, 0.15) is 11.5 Å². The van der Waals surface area contributed by atoms with Gasteiger partial charge >= 0.3 is 0 Å². The summed E-state index contributed by atoms with van der Waals surface area (Å²) in [6.07, 6.45) is 16.8. The van der Waals surface area contributed by atoms with Gasteiger partial charge < -0.3 is 4.74 Å². The number of ether oxygens (including phenoxy) is 1. The Bertz CT molecular complexity index is 540. The molecule has 2 heteroatoms. The first kappa shape index (κ1) is 14.0. The second-order valence-electron chi connectivity index (χ2n) is 5.13. The van der Waals surface area contributed by atoms with E-state index >= 15 is 0 Å². The summed E-state index contributed by atoms with van der Waals surface area (Å²) in [7, 11) is 0. The van der Waals surface area contributed by atoms with Gasteiger partial charge in [-0.05, 0) is 32.1 Å². The van der Waals surface area contributed by atoms with Crippen LogP contribution in [0.2, 0.25) is 0 Å². The maximum absolute atomic E-state index is 6.03. The average Bonchev–Trinajstić information content (AvgIpc) is 2.54. The molecule has 2 rings (SSSR count). The van der Waals surface area contributed by atoms with Gasteiger partial charge in [-0.1, -0.05) is 56.0 Å². The van der Waals surface area contributed by atoms with Crippen LogP contribution in [-0.4, -0.2) is 0 Å². The first-order chi connectivity index (χ1) is 9.05. The standard InChI is InChI=1S/C17H20OS/c1-5-7-8-13-15(6-2)19-16-10-12-17(3,4)11-9-14(16)18-13/h5-12H,1-4H3/b7-5+,13-8+,15-6+. The number of thioether (sulfide) groups is 1. The van der Waals surface area contributed by atoms with Gasteiger partial charge in [0.05, 0.1) is 9.81 Å². The summed E-state index contributed by atoms with van der Waals surface area (Å²) < 4.78 is 6.03. The van der Waals surface area contributed by atoms with Crippen molar-refractivity contribution in [2.24, 2.45) is 5.41 Å². The van der Waals surface area contributed by atoms with Crippen molar-refractivity contribution in [2.45, 2.75) is 27.7 Å². The van der Waals surface area contributed by atoms with Crippen molar-refractivity contribution in [2.75, 3.05) is 0 Å². The molecule has 19 heavy (non-hydrogen) atoms. The van der Waals surface area contributed by atoms with E-state index in [4.69, 9.17) is 4.74 Å². The Balaban J connectivity index is 2.38. The Morgan fingerprint density at radius 1 is 1.16 bits per heavy atom. The molecule has 2 aliphatic rings. The van der Waals surface area contributed by atoms with Crippen LogP contribution >= 0.6 is 11.8 Å². The van der Waals surface area contributed by atoms with Crippen LogP contribution in [0.3, 0.4) is 0 Å². The molecule has 0 saturated carbocycles. The Kier molecular flexibility index (Phi) is 4.20. The van der Waals surface area contributed by atoms with Crippen molar-refractivity contribution in [3.05, 3.63) is 69.9 Å². The van der Waals surface area contributed by atoms with Crippen molar-refractivity contribution in [3.63, 3.8) is 0 Å². The van der Waals surface area contributed by atoms with E-state index in [2.05, 4.69) is 44.2 Å². The molecule has 0 amide bonds. The molecule has 1 aliphatic carbocycles. The third kappa shape index (κ3) is 3.32. The second kappa shape index (κ2) is 5.70. The van der Waals surface area contributed by atoms with E-state index in [1.54, 1.807) is 11.8 Å². The molecule has 0 unspecified atom stereocenters. The predicted molar refractivity (Wildman–Crippen MR) is 84.4 cm³/mol. The van der Waals surface area contributed by atoms with Crippen LogP contribution in [0.15, 0.2) is 69.9 Å². The fourth-order valence-electron chi connectivity index (χ4n) is 1.81. The number of allylic oxidation sites excluding steroid dienone is 8. The summed E-state index contributed by atoms with van der Waals surface area (Å²) in [6.45, 7) is 8.43. The van der Waals surface area contributed by atoms with Gasteiger partial charge in [-0.2, -0.15) is 0 Å². The fourth-order valence-corrected chi connectivity index (χ4v) is 2.72. The fraction of sp³-hybridized carbons (Fsp3) is 0.294. The van der Waals surface area contributed by atoms with Crippen molar-refractivity contribution < 1.29 is 4.74 Å². The normalized spacial score (nSPS) is 25.9. The van der Waals surface area contributed by atoms with Crippen LogP contribution in [0.4, 0.5) is 0 Å². The van der Waals surface area contributed by atoms with E-state index in [1.165, 1.54) is 4.91 Å². The van der Waals surface area contributed by atoms with Gasteiger partial charge in [-0.3, -0.25) is 0 Å². The summed E-state index contributed by atoms with van der Waals surface area (Å²) in [5, 5.41) is 0. The molecular formula is C17H20OS. The van der Waals surface area contributed by atoms with E-state index in [0.717, 1.165) is 16.4 Å². The van der Waals surface area contributed by atoms with Crippen molar-refractivity contribution >= 4 is 11.8 Å². The molecule has 0 radical (unpaired) electrons. The molecule has 0 N–H and O–H groups in total. The highest BCUT2D eigenvalue weighted by atomic mass is 32.2. The maximum atomic E-state index is 6.03. The minimum absolute atomic E-state index is 0.0740. The van der Waals surface area contributed by atoms with Crippen LogP contribution in [0.5, 0.6) is 0 Å². The molecular weight excluding hydrogens is 252 g/mol. The first-order valence-electron chi connectivity index (χ1n) is 6.54. The lowest BCUT2D eigenvalue weighted by Crippen LogP contribution is -2.01. The van der Waals surface area contributed by atoms with Gasteiger partial charge in [-0.15, -0.1) is 0 Å². The molecule has 0 aromatic rings. The molecule has 0 aromatic carbocycles. The lowest BCUT2D eigenvalue weighted by atomic mass is 9.93. The minimum Gasteiger partial charge on any atom is -0.455 e. The lowest BCUT2D eigenvalue weighted by Gasteiger charge is -2.21. The summed E-state index contributed by atoms with van der Waals surface area (Å²) in [5.74, 6) is 1.86. The van der Waals surface area contributed by atoms with Gasteiger partial charge in [0.2, 0.25) is 0 Å². The molecule has 0 fully saturated rings. The molecule has 1 heterocycles. The predicted octanol–water partition coefficient (Wildman–Crippen LogP) is 5.48. The summed E-state index contributed by atoms with van der Waals surface area (Å²) >= 11 is 1.76. The van der Waals surface area contributed by atoms with Crippen molar-refractivity contribution in [3.8, 4) is 0 Å². The second-order valence-corrected chi connectivity index (χ2v) is 6.21. The smallest absolute Gasteiger partial charge is 0.141 e. The van der Waals surface area contributed by atoms with Gasteiger partial charge in [-0.25, -0.2) is 0 Å². The summed E-state index contributed by atoms with van der Waals surface area (Å²) in [6, 6.07) is 0. The SMILES string of the molecule is C/C=C/C=C1/OC2=C(C=CC(C)(C)C=C2)S/C1=C/C. The van der Waals surface area contributed by atoms with Crippen LogP contribution in [0, 0.1) is 5.41 Å². The third-order valence-electron chi connectivity index (χ3n) is 2.96. The highest BCUT2D eigenvalue weighted by molar-refractivity contribution is 8.07. The average molecular weight is 272 g/mol. The minimum atomic E-state index is 0.0740. The Morgan fingerprint density at radius 3 is 2.58 bits per heavy atom. The maximum Gasteiger partial charge on any atom is 0.141 e. The van der Waals surface area contributed by atoms with Crippen molar-refractivity contribution in [1.29, 1.82) is 0 Å². The molecule has 0 saturated heterocycles. The molecule has 100 valence electrons. The lowest BCUT2D eigenvalue weighted by molar-refractivity contribution is 0.330. The first-order valence-corrected chi connectivity index (χ1v) is 7.35. The van der Waals surface area contributed by atoms with E-state index in [-0.39, 0.29) is 5.41 Å². The zero-order valence-electron chi connectivity index (χ0n) is 11.9. The topological polar surface area (TPSA) is 9.23 Å². The van der Waals surface area contributed by atoms with Crippen molar-refractivity contribution in [1.82, 2.24) is 0 Å². The Labute approximate surface area is 120 Å². The van der Waals surface area contributed by atoms with Crippen LogP contribution in [0.1, 0.15) is 27.7 Å². The van der Waals surface area contributed by atoms with Crippen LogP contribution < -0.4 is 0 Å². The molecule has 1 aliphatic heterocycles. The molecule has 0 atom stereocenters. The summed E-state index contributed by atoms with van der Waals surface area (Å²) in [4.78, 5) is 2.34. The zero-order chi connectivity index (χ0) is 13.9. The molecule has 0 spiro atoms. The van der Waals surface area contributed by atoms with Crippen LogP contribution in [0.25, 0.3) is 0 Å². The van der Waals surface area contributed by atoms with E-state index in [9.17, 15) is 0 Å². The zero-order valence-corrected chi connectivity index (χ0v) is 12.8. The highest BCUT2D eigenvalue weighted by Gasteiger charge is 2.22. The third-order valence-corrected chi connectivity index (χ3v) is 4.17. The number of rotatable bonds is 1. The van der Waals surface area contributed by atoms with Gasteiger partial charge in [0.25, 0.3) is 0 Å². The quantitative estimate of drug-likeness (QED) is 0.625. The monoisotopic (exact) mass is 272 g/mol. The molecule has 0 bridgehead atoms.